The van der Waals surface area contributed by atoms with Gasteiger partial charge in [0.1, 0.15) is 10.7 Å². The van der Waals surface area contributed by atoms with E-state index in [4.69, 9.17) is 0 Å². The standard InChI is InChI=1S/C13H8BrF5N2S/c14-9-3-1-2-8(6-9)13-20-11-5-4-10(7-12(11)21-13)22(15,16,17,18)19/h1-7H,(H,20,21). The predicted octanol–water partition coefficient (Wildman–Crippen LogP) is 6.65. The summed E-state index contributed by atoms with van der Waals surface area (Å²) in [5.74, 6) is 0.301. The molecule has 0 saturated heterocycles. The van der Waals surface area contributed by atoms with Crippen molar-refractivity contribution in [1.82, 2.24) is 9.97 Å². The molecule has 0 amide bonds. The van der Waals surface area contributed by atoms with Crippen molar-refractivity contribution in [1.29, 1.82) is 0 Å². The molecule has 0 spiro atoms. The molecule has 1 heterocycles. The third kappa shape index (κ3) is 2.95. The molecule has 0 bridgehead atoms. The first kappa shape index (κ1) is 15.3. The third-order valence-corrected chi connectivity index (χ3v) is 4.63. The minimum atomic E-state index is -9.69. The van der Waals surface area contributed by atoms with Gasteiger partial charge in [-0.3, -0.25) is 0 Å². The van der Waals surface area contributed by atoms with Crippen LogP contribution in [-0.2, 0) is 0 Å². The van der Waals surface area contributed by atoms with Crippen LogP contribution in [0.4, 0.5) is 19.4 Å². The fourth-order valence-corrected chi connectivity index (χ4v) is 3.07. The molecule has 0 aliphatic heterocycles. The molecule has 1 N–H and O–H groups in total. The number of nitrogens with zero attached hydrogens (tertiary/aromatic N) is 1. The Labute approximate surface area is 130 Å². The van der Waals surface area contributed by atoms with Crippen LogP contribution in [0.15, 0.2) is 51.8 Å². The molecule has 0 radical (unpaired) electrons. The van der Waals surface area contributed by atoms with Crippen LogP contribution in [0.2, 0.25) is 0 Å². The SMILES string of the molecule is FS(F)(F)(F)(F)c1ccc2nc(-c3cccc(Br)c3)[nH]c2c1. The Bertz CT molecular complexity index is 889. The van der Waals surface area contributed by atoms with Crippen LogP contribution >= 0.6 is 26.2 Å². The zero-order valence-corrected chi connectivity index (χ0v) is 13.1. The van der Waals surface area contributed by atoms with Crippen molar-refractivity contribution in [3.63, 3.8) is 0 Å². The van der Waals surface area contributed by atoms with Gasteiger partial charge in [0.25, 0.3) is 0 Å². The predicted molar refractivity (Wildman–Crippen MR) is 80.6 cm³/mol. The van der Waals surface area contributed by atoms with Crippen molar-refractivity contribution >= 4 is 37.2 Å². The number of rotatable bonds is 2. The van der Waals surface area contributed by atoms with Crippen molar-refractivity contribution in [2.75, 3.05) is 0 Å². The molecule has 0 fully saturated rings. The summed E-state index contributed by atoms with van der Waals surface area (Å²) in [5.41, 5.74) is 0.709. The largest absolute Gasteiger partial charge is 0.338 e. The lowest BCUT2D eigenvalue weighted by molar-refractivity contribution is 0.364. The van der Waals surface area contributed by atoms with E-state index < -0.39 is 15.1 Å². The molecule has 9 heteroatoms. The summed E-state index contributed by atoms with van der Waals surface area (Å²) in [5, 5.41) is 0. The smallest absolute Gasteiger partial charge is 0.310 e. The summed E-state index contributed by atoms with van der Waals surface area (Å²) in [6, 6.07) is 8.60. The number of aromatic amines is 1. The number of imidazole rings is 1. The molecule has 2 nitrogen and oxygen atoms in total. The van der Waals surface area contributed by atoms with E-state index in [2.05, 4.69) is 25.9 Å². The van der Waals surface area contributed by atoms with Crippen LogP contribution in [0.5, 0.6) is 0 Å². The van der Waals surface area contributed by atoms with Gasteiger partial charge < -0.3 is 4.98 Å². The van der Waals surface area contributed by atoms with E-state index in [-0.39, 0.29) is 11.0 Å². The summed E-state index contributed by atoms with van der Waals surface area (Å²) in [6.07, 6.45) is 0. The highest BCUT2D eigenvalue weighted by molar-refractivity contribution is 9.10. The molecular weight excluding hydrogens is 391 g/mol. The molecule has 1 aromatic heterocycles. The number of aromatic nitrogens is 2. The van der Waals surface area contributed by atoms with E-state index in [1.165, 1.54) is 0 Å². The van der Waals surface area contributed by atoms with Crippen LogP contribution in [0.1, 0.15) is 0 Å². The Morgan fingerprint density at radius 3 is 2.32 bits per heavy atom. The highest BCUT2D eigenvalue weighted by Crippen LogP contribution is 3.02. The molecule has 0 aliphatic carbocycles. The van der Waals surface area contributed by atoms with Crippen LogP contribution in [-0.4, -0.2) is 9.97 Å². The highest BCUT2D eigenvalue weighted by Gasteiger charge is 2.65. The van der Waals surface area contributed by atoms with Crippen molar-refractivity contribution in [2.45, 2.75) is 4.90 Å². The second-order valence-electron chi connectivity index (χ2n) is 4.74. The summed E-state index contributed by atoms with van der Waals surface area (Å²) < 4.78 is 64.9. The molecule has 3 aromatic rings. The van der Waals surface area contributed by atoms with Gasteiger partial charge in [0.05, 0.1) is 11.0 Å². The maximum Gasteiger partial charge on any atom is 0.310 e. The molecule has 0 aliphatic rings. The van der Waals surface area contributed by atoms with Crippen LogP contribution in [0, 0.1) is 0 Å². The third-order valence-electron chi connectivity index (χ3n) is 3.00. The Hall–Kier alpha value is -1.61. The zero-order chi connectivity index (χ0) is 16.2. The van der Waals surface area contributed by atoms with Crippen molar-refractivity contribution in [3.8, 4) is 11.4 Å². The lowest BCUT2D eigenvalue weighted by Crippen LogP contribution is -2.05. The van der Waals surface area contributed by atoms with Crippen LogP contribution < -0.4 is 0 Å². The van der Waals surface area contributed by atoms with E-state index in [0.29, 0.717) is 23.5 Å². The van der Waals surface area contributed by atoms with E-state index in [9.17, 15) is 19.4 Å². The van der Waals surface area contributed by atoms with E-state index in [1.54, 1.807) is 24.3 Å². The number of hydrogen-bond donors (Lipinski definition) is 1. The Morgan fingerprint density at radius 1 is 0.955 bits per heavy atom. The van der Waals surface area contributed by atoms with Gasteiger partial charge in [-0.1, -0.05) is 47.5 Å². The van der Waals surface area contributed by atoms with Crippen molar-refractivity contribution in [3.05, 3.63) is 46.9 Å². The van der Waals surface area contributed by atoms with E-state index in [1.807, 2.05) is 0 Å². The minimum Gasteiger partial charge on any atom is -0.338 e. The molecule has 0 unspecified atom stereocenters. The van der Waals surface area contributed by atoms with Crippen LogP contribution in [0.3, 0.4) is 0 Å². The van der Waals surface area contributed by atoms with Gasteiger partial charge in [-0.2, -0.15) is 0 Å². The molecule has 118 valence electrons. The van der Waals surface area contributed by atoms with Crippen molar-refractivity contribution in [2.24, 2.45) is 0 Å². The van der Waals surface area contributed by atoms with Gasteiger partial charge in [-0.05, 0) is 30.3 Å². The second-order valence-corrected chi connectivity index (χ2v) is 8.07. The maximum atomic E-state index is 12.8. The Morgan fingerprint density at radius 2 is 1.68 bits per heavy atom. The normalized spacial score (nSPS) is 15.5. The molecule has 22 heavy (non-hydrogen) atoms. The number of hydrogen-bond acceptors (Lipinski definition) is 1. The maximum absolute atomic E-state index is 12.8. The summed E-state index contributed by atoms with van der Waals surface area (Å²) >= 11 is 3.27. The minimum absolute atomic E-state index is 0.0966. The summed E-state index contributed by atoms with van der Waals surface area (Å²) in [7, 11) is -9.69. The molecule has 0 atom stereocenters. The van der Waals surface area contributed by atoms with Crippen LogP contribution in [0.25, 0.3) is 22.4 Å². The number of nitrogens with one attached hydrogen (secondary N) is 1. The fraction of sp³-hybridized carbons (Fsp3) is 0. The summed E-state index contributed by atoms with van der Waals surface area (Å²) in [4.78, 5) is 4.82. The van der Waals surface area contributed by atoms with Gasteiger partial charge in [-0.25, -0.2) is 4.98 Å². The van der Waals surface area contributed by atoms with Crippen molar-refractivity contribution < 1.29 is 19.4 Å². The average molecular weight is 399 g/mol. The number of fused-ring (bicyclic) bond motifs is 1. The first-order chi connectivity index (χ1) is 9.92. The van der Waals surface area contributed by atoms with Gasteiger partial charge >= 0.3 is 10.2 Å². The van der Waals surface area contributed by atoms with E-state index in [0.717, 1.165) is 10.5 Å². The second kappa shape index (κ2) is 4.02. The summed E-state index contributed by atoms with van der Waals surface area (Å²) in [6.45, 7) is 0. The molecule has 3 rings (SSSR count). The van der Waals surface area contributed by atoms with Gasteiger partial charge in [-0.15, -0.1) is 0 Å². The quantitative estimate of drug-likeness (QED) is 0.481. The first-order valence-corrected chi connectivity index (χ1v) is 8.67. The number of H-pyrrole nitrogens is 1. The van der Waals surface area contributed by atoms with Gasteiger partial charge in [0.2, 0.25) is 0 Å². The lowest BCUT2D eigenvalue weighted by atomic mass is 10.2. The lowest BCUT2D eigenvalue weighted by Gasteiger charge is -2.40. The molecule has 2 aromatic carbocycles. The average Bonchev–Trinajstić information content (AvgIpc) is 2.78. The van der Waals surface area contributed by atoms with E-state index >= 15 is 0 Å². The number of benzene rings is 2. The van der Waals surface area contributed by atoms with Gasteiger partial charge in [0.15, 0.2) is 0 Å². The first-order valence-electron chi connectivity index (χ1n) is 5.92. The molecule has 0 saturated carbocycles. The molecular formula is C13H8BrF5N2S. The topological polar surface area (TPSA) is 28.7 Å². The monoisotopic (exact) mass is 398 g/mol. The fourth-order valence-electron chi connectivity index (χ4n) is 2.00. The number of halogens is 6. The Kier molecular flexibility index (Phi) is 2.79. The Balaban J connectivity index is 2.17. The zero-order valence-electron chi connectivity index (χ0n) is 10.7. The van der Waals surface area contributed by atoms with Gasteiger partial charge in [0, 0.05) is 10.0 Å². The highest BCUT2D eigenvalue weighted by atomic mass is 79.9.